The standard InChI is InChI=1S/C26H31N3O6/c1-5-6-18-9-20-24(27-11-18)35-23(16(2)12-29(26(20)32)17(3)14-30)13-28(4)25(31)19-7-8-21-22(10-19)34-15-33-21/h5-11,16-17,23,30H,12-15H2,1-4H3/b6-5+/t16-,17-,23+/m1/s1. The number of pyridine rings is 1. The van der Waals surface area contributed by atoms with E-state index < -0.39 is 6.10 Å². The van der Waals surface area contributed by atoms with E-state index >= 15 is 0 Å². The van der Waals surface area contributed by atoms with Gasteiger partial charge in [-0.1, -0.05) is 19.1 Å². The van der Waals surface area contributed by atoms with E-state index in [1.165, 1.54) is 0 Å². The van der Waals surface area contributed by atoms with Crippen molar-refractivity contribution in [2.75, 3.05) is 33.5 Å². The lowest BCUT2D eigenvalue weighted by atomic mass is 9.99. The molecule has 1 N–H and O–H groups in total. The smallest absolute Gasteiger partial charge is 0.259 e. The topological polar surface area (TPSA) is 101 Å². The Morgan fingerprint density at radius 2 is 2.09 bits per heavy atom. The highest BCUT2D eigenvalue weighted by molar-refractivity contribution is 5.97. The molecule has 0 bridgehead atoms. The normalized spacial score (nSPS) is 20.1. The zero-order valence-corrected chi connectivity index (χ0v) is 20.4. The largest absolute Gasteiger partial charge is 0.472 e. The van der Waals surface area contributed by atoms with Crippen molar-refractivity contribution in [2.24, 2.45) is 5.92 Å². The van der Waals surface area contributed by atoms with Crippen molar-refractivity contribution in [3.63, 3.8) is 0 Å². The highest BCUT2D eigenvalue weighted by Gasteiger charge is 2.35. The monoisotopic (exact) mass is 481 g/mol. The number of aromatic nitrogens is 1. The predicted molar refractivity (Wildman–Crippen MR) is 130 cm³/mol. The lowest BCUT2D eigenvalue weighted by molar-refractivity contribution is 0.0313. The van der Waals surface area contributed by atoms with Crippen LogP contribution in [0.15, 0.2) is 36.5 Å². The maximum atomic E-state index is 13.4. The quantitative estimate of drug-likeness (QED) is 0.677. The molecular weight excluding hydrogens is 450 g/mol. The molecule has 0 aliphatic carbocycles. The summed E-state index contributed by atoms with van der Waals surface area (Å²) >= 11 is 0. The first-order chi connectivity index (χ1) is 16.8. The number of aliphatic hydroxyl groups excluding tert-OH is 1. The van der Waals surface area contributed by atoms with Gasteiger partial charge in [-0.15, -0.1) is 0 Å². The van der Waals surface area contributed by atoms with Crippen LogP contribution in [0.3, 0.4) is 0 Å². The summed E-state index contributed by atoms with van der Waals surface area (Å²) < 4.78 is 17.0. The summed E-state index contributed by atoms with van der Waals surface area (Å²) in [6, 6.07) is 6.47. The SMILES string of the molecule is C/C=C/c1cnc2c(c1)C(=O)N([C@H](C)CO)C[C@@H](C)[C@H](CN(C)C(=O)c1ccc3c(c1)OCO3)O2. The van der Waals surface area contributed by atoms with Crippen LogP contribution in [0.2, 0.25) is 0 Å². The number of amides is 2. The Morgan fingerprint density at radius 1 is 1.31 bits per heavy atom. The summed E-state index contributed by atoms with van der Waals surface area (Å²) in [4.78, 5) is 34.2. The first-order valence-corrected chi connectivity index (χ1v) is 11.7. The Balaban J connectivity index is 1.61. The molecule has 9 nitrogen and oxygen atoms in total. The van der Waals surface area contributed by atoms with Crippen molar-refractivity contribution in [1.82, 2.24) is 14.8 Å². The molecule has 3 atom stereocenters. The second-order valence-corrected chi connectivity index (χ2v) is 9.00. The molecule has 35 heavy (non-hydrogen) atoms. The molecule has 2 aliphatic rings. The van der Waals surface area contributed by atoms with Crippen LogP contribution in [0.5, 0.6) is 17.4 Å². The van der Waals surface area contributed by atoms with Gasteiger partial charge < -0.3 is 29.1 Å². The van der Waals surface area contributed by atoms with Gasteiger partial charge in [0.05, 0.1) is 19.2 Å². The van der Waals surface area contributed by atoms with Crippen molar-refractivity contribution in [2.45, 2.75) is 32.9 Å². The second kappa shape index (κ2) is 10.4. The number of hydrogen-bond donors (Lipinski definition) is 1. The number of likely N-dealkylation sites (N-methyl/N-ethyl adjacent to an activating group) is 1. The minimum Gasteiger partial charge on any atom is -0.472 e. The van der Waals surface area contributed by atoms with Gasteiger partial charge in [0.15, 0.2) is 11.5 Å². The molecule has 186 valence electrons. The maximum absolute atomic E-state index is 13.4. The number of allylic oxidation sites excluding steroid dienone is 1. The molecule has 4 rings (SSSR count). The summed E-state index contributed by atoms with van der Waals surface area (Å²) in [5.41, 5.74) is 1.60. The summed E-state index contributed by atoms with van der Waals surface area (Å²) in [6.07, 6.45) is 4.94. The average molecular weight is 482 g/mol. The summed E-state index contributed by atoms with van der Waals surface area (Å²) in [7, 11) is 1.71. The van der Waals surface area contributed by atoms with Gasteiger partial charge in [0.25, 0.3) is 11.8 Å². The lowest BCUT2D eigenvalue weighted by Crippen LogP contribution is -2.50. The zero-order valence-electron chi connectivity index (χ0n) is 20.4. The third kappa shape index (κ3) is 5.09. The Morgan fingerprint density at radius 3 is 2.83 bits per heavy atom. The molecule has 0 radical (unpaired) electrons. The Labute approximate surface area is 204 Å². The van der Waals surface area contributed by atoms with Crippen LogP contribution in [0.1, 0.15) is 47.1 Å². The summed E-state index contributed by atoms with van der Waals surface area (Å²) in [6.45, 7) is 6.28. The van der Waals surface area contributed by atoms with Crippen LogP contribution >= 0.6 is 0 Å². The van der Waals surface area contributed by atoms with Gasteiger partial charge in [-0.2, -0.15) is 0 Å². The fourth-order valence-corrected chi connectivity index (χ4v) is 4.22. The summed E-state index contributed by atoms with van der Waals surface area (Å²) in [5, 5.41) is 9.79. The molecule has 1 aromatic heterocycles. The van der Waals surface area contributed by atoms with Crippen LogP contribution in [0, 0.1) is 5.92 Å². The number of fused-ring (bicyclic) bond motifs is 2. The van der Waals surface area contributed by atoms with Crippen LogP contribution in [0.4, 0.5) is 0 Å². The van der Waals surface area contributed by atoms with E-state index in [9.17, 15) is 14.7 Å². The third-order valence-electron chi connectivity index (χ3n) is 6.32. The molecule has 0 spiro atoms. The van der Waals surface area contributed by atoms with Crippen LogP contribution in [-0.4, -0.2) is 77.4 Å². The number of carbonyl (C=O) groups is 2. The molecule has 2 amide bonds. The molecule has 3 heterocycles. The minimum atomic E-state index is -0.432. The maximum Gasteiger partial charge on any atom is 0.259 e. The van der Waals surface area contributed by atoms with E-state index in [0.29, 0.717) is 29.2 Å². The molecule has 0 unspecified atom stereocenters. The zero-order chi connectivity index (χ0) is 25.1. The van der Waals surface area contributed by atoms with Gasteiger partial charge >= 0.3 is 0 Å². The second-order valence-electron chi connectivity index (χ2n) is 9.00. The number of ether oxygens (including phenoxy) is 3. The average Bonchev–Trinajstić information content (AvgIpc) is 3.33. The van der Waals surface area contributed by atoms with Gasteiger partial charge in [-0.3, -0.25) is 9.59 Å². The Hall–Kier alpha value is -3.59. The van der Waals surface area contributed by atoms with Gasteiger partial charge in [-0.25, -0.2) is 4.98 Å². The number of hydrogen-bond acceptors (Lipinski definition) is 7. The molecule has 0 saturated heterocycles. The molecule has 0 saturated carbocycles. The highest BCUT2D eigenvalue weighted by Crippen LogP contribution is 2.33. The molecule has 0 fully saturated rings. The molecule has 1 aromatic carbocycles. The molecule has 9 heteroatoms. The fourth-order valence-electron chi connectivity index (χ4n) is 4.22. The van der Waals surface area contributed by atoms with E-state index in [-0.39, 0.29) is 49.6 Å². The third-order valence-corrected chi connectivity index (χ3v) is 6.32. The molecule has 2 aliphatic heterocycles. The molecule has 2 aromatic rings. The van der Waals surface area contributed by atoms with Crippen molar-refractivity contribution in [3.05, 3.63) is 53.2 Å². The van der Waals surface area contributed by atoms with Gasteiger partial charge in [-0.05, 0) is 43.7 Å². The van der Waals surface area contributed by atoms with Crippen molar-refractivity contribution >= 4 is 17.9 Å². The van der Waals surface area contributed by atoms with E-state index in [1.54, 1.807) is 54.2 Å². The highest BCUT2D eigenvalue weighted by atomic mass is 16.7. The van der Waals surface area contributed by atoms with Crippen molar-refractivity contribution < 1.29 is 28.9 Å². The Kier molecular flexibility index (Phi) is 7.25. The first-order valence-electron chi connectivity index (χ1n) is 11.7. The lowest BCUT2D eigenvalue weighted by Gasteiger charge is -2.37. The van der Waals surface area contributed by atoms with Crippen molar-refractivity contribution in [3.8, 4) is 17.4 Å². The van der Waals surface area contributed by atoms with E-state index in [0.717, 1.165) is 5.56 Å². The fraction of sp³-hybridized carbons (Fsp3) is 0.423. The number of rotatable bonds is 6. The summed E-state index contributed by atoms with van der Waals surface area (Å²) in [5.74, 6) is 0.819. The minimum absolute atomic E-state index is 0.134. The predicted octanol–water partition coefficient (Wildman–Crippen LogP) is 2.84. The van der Waals surface area contributed by atoms with E-state index in [4.69, 9.17) is 14.2 Å². The van der Waals surface area contributed by atoms with Crippen LogP contribution < -0.4 is 14.2 Å². The number of nitrogens with zero attached hydrogens (tertiary/aromatic N) is 3. The van der Waals surface area contributed by atoms with Gasteiger partial charge in [0, 0.05) is 31.3 Å². The first kappa shape index (κ1) is 24.5. The van der Waals surface area contributed by atoms with Gasteiger partial charge in [0.1, 0.15) is 11.7 Å². The van der Waals surface area contributed by atoms with E-state index in [2.05, 4.69) is 4.98 Å². The number of benzene rings is 1. The Bertz CT molecular complexity index is 1130. The molecular formula is C26H31N3O6. The van der Waals surface area contributed by atoms with Gasteiger partial charge in [0.2, 0.25) is 12.7 Å². The van der Waals surface area contributed by atoms with Crippen LogP contribution in [-0.2, 0) is 0 Å². The van der Waals surface area contributed by atoms with Crippen LogP contribution in [0.25, 0.3) is 6.08 Å². The van der Waals surface area contributed by atoms with Crippen molar-refractivity contribution in [1.29, 1.82) is 0 Å². The number of aliphatic hydroxyl groups is 1. The van der Waals surface area contributed by atoms with E-state index in [1.807, 2.05) is 26.0 Å². The number of carbonyl (C=O) groups excluding carboxylic acids is 2.